The molecule has 2 aliphatic rings. The second-order valence-electron chi connectivity index (χ2n) is 23.1. The van der Waals surface area contributed by atoms with E-state index in [4.69, 9.17) is 5.73 Å². The third-order valence-electron chi connectivity index (χ3n) is 15.6. The maximum atomic E-state index is 14.8. The highest BCUT2D eigenvalue weighted by Crippen LogP contribution is 2.31. The third-order valence-corrected chi connectivity index (χ3v) is 17.2. The molecule has 8 rings (SSSR count). The fourth-order valence-electron chi connectivity index (χ4n) is 10.2. The summed E-state index contributed by atoms with van der Waals surface area (Å²) in [5, 5.41) is 70.2. The Balaban J connectivity index is 0.000000474. The first-order valence-electron chi connectivity index (χ1n) is 30.9. The highest BCUT2D eigenvalue weighted by molar-refractivity contribution is 9.10. The van der Waals surface area contributed by atoms with Gasteiger partial charge < -0.3 is 63.7 Å². The number of fused-ring (bicyclic) bond motifs is 3. The van der Waals surface area contributed by atoms with Crippen LogP contribution in [0.15, 0.2) is 123 Å². The molecular weight excluding hydrogens is 1330 g/mol. The van der Waals surface area contributed by atoms with Crippen LogP contribution in [0.5, 0.6) is 11.5 Å². The molecule has 0 unspecified atom stereocenters. The fourth-order valence-corrected chi connectivity index (χ4v) is 11.4. The Morgan fingerprint density at radius 1 is 0.781 bits per heavy atom. The Hall–Kier alpha value is -10.0. The first-order valence-corrected chi connectivity index (χ1v) is 32.6. The maximum Gasteiger partial charge on any atom is 0.243 e. The van der Waals surface area contributed by atoms with Crippen LogP contribution in [0.4, 0.5) is 4.39 Å². The molecule has 0 spiro atoms. The molecule has 0 saturated heterocycles. The van der Waals surface area contributed by atoms with Crippen molar-refractivity contribution in [2.75, 3.05) is 12.8 Å². The van der Waals surface area contributed by atoms with Crippen LogP contribution in [0, 0.1) is 11.7 Å². The number of primary amides is 1. The highest BCUT2D eigenvalue weighted by atomic mass is 79.9. The first-order chi connectivity index (χ1) is 45.9. The molecule has 28 nitrogen and oxygen atoms in total. The molecule has 4 aromatic carbocycles. The van der Waals surface area contributed by atoms with Gasteiger partial charge >= 0.3 is 0 Å². The number of aryl methyl sites for hydroxylation is 1. The van der Waals surface area contributed by atoms with Gasteiger partial charge in [0.05, 0.1) is 15.9 Å². The molecule has 2 bridgehead atoms. The topological polar surface area (TPSA) is 419 Å². The largest absolute Gasteiger partial charge is 0.508 e. The van der Waals surface area contributed by atoms with Gasteiger partial charge in [-0.2, -0.15) is 0 Å². The number of aromatic nitrogens is 5. The number of hydrogen-bond acceptors (Lipinski definition) is 19. The van der Waals surface area contributed by atoms with Crippen molar-refractivity contribution in [1.82, 2.24) is 67.8 Å². The Morgan fingerprint density at radius 2 is 1.40 bits per heavy atom. The zero-order valence-electron chi connectivity index (χ0n) is 53.3. The van der Waals surface area contributed by atoms with Crippen LogP contribution in [0.2, 0.25) is 0 Å². The van der Waals surface area contributed by atoms with Crippen molar-refractivity contribution in [2.24, 2.45) is 16.8 Å². The van der Waals surface area contributed by atoms with Crippen LogP contribution in [0.1, 0.15) is 99.0 Å². The van der Waals surface area contributed by atoms with E-state index in [9.17, 15) is 63.0 Å². The molecule has 0 radical (unpaired) electrons. The van der Waals surface area contributed by atoms with E-state index < -0.39 is 95.5 Å². The smallest absolute Gasteiger partial charge is 0.243 e. The van der Waals surface area contributed by atoms with Gasteiger partial charge in [0, 0.05) is 58.3 Å². The predicted molar refractivity (Wildman–Crippen MR) is 353 cm³/mol. The molecule has 1 aliphatic carbocycles. The molecule has 0 fully saturated rings. The van der Waals surface area contributed by atoms with E-state index in [2.05, 4.69) is 88.9 Å². The van der Waals surface area contributed by atoms with Gasteiger partial charge in [-0.25, -0.2) is 9.02 Å². The molecular formula is C65H77BrFN15O13S. The van der Waals surface area contributed by atoms with E-state index >= 15 is 0 Å². The van der Waals surface area contributed by atoms with Gasteiger partial charge in [-0.15, -0.1) is 5.10 Å². The van der Waals surface area contributed by atoms with Crippen molar-refractivity contribution in [3.05, 3.63) is 153 Å². The molecule has 1 aliphatic heterocycles. The zero-order chi connectivity index (χ0) is 69.6. The Bertz CT molecular complexity index is 3810. The number of nitrogens with zero attached hydrogens (tertiary/aromatic N) is 6. The van der Waals surface area contributed by atoms with E-state index in [0.717, 1.165) is 28.5 Å². The van der Waals surface area contributed by atoms with Crippen LogP contribution < -0.4 is 48.3 Å². The number of benzene rings is 4. The molecule has 13 N–H and O–H groups in total. The van der Waals surface area contributed by atoms with Crippen molar-refractivity contribution < 1.29 is 67.6 Å². The minimum absolute atomic E-state index is 0.00271. The number of aromatic hydroxyl groups is 2. The number of allylic oxidation sites excluding steroid dienone is 1. The minimum atomic E-state index is -1.37. The summed E-state index contributed by atoms with van der Waals surface area (Å²) in [5.41, 5.74) is 11.0. The van der Waals surface area contributed by atoms with Gasteiger partial charge in [0.2, 0.25) is 53.2 Å². The number of nitrogens with two attached hydrogens (primary N) is 1. The average molecular weight is 1410 g/mol. The summed E-state index contributed by atoms with van der Waals surface area (Å²) in [6.45, 7) is 6.67. The average Bonchev–Trinajstić information content (AvgIpc) is 1.61. The van der Waals surface area contributed by atoms with Crippen molar-refractivity contribution in [2.45, 2.75) is 146 Å². The number of phenolic OH excluding ortho intramolecular Hbond substituents is 2. The summed E-state index contributed by atoms with van der Waals surface area (Å²) < 4.78 is 19.8. The van der Waals surface area contributed by atoms with Crippen LogP contribution >= 0.6 is 27.7 Å². The van der Waals surface area contributed by atoms with Crippen molar-refractivity contribution in [3.8, 4) is 11.5 Å². The normalized spacial score (nSPS) is 20.3. The lowest BCUT2D eigenvalue weighted by Crippen LogP contribution is -2.61. The monoisotopic (exact) mass is 1410 g/mol. The molecule has 0 saturated carbocycles. The number of oxime groups is 1. The zero-order valence-corrected chi connectivity index (χ0v) is 55.7. The van der Waals surface area contributed by atoms with Gasteiger partial charge in [0.1, 0.15) is 65.3 Å². The number of carbonyl (C=O) groups excluding carboxylic acids is 9. The number of phenols is 2. The number of rotatable bonds is 16. The number of amides is 9. The summed E-state index contributed by atoms with van der Waals surface area (Å²) in [5.74, 6) is -6.86. The minimum Gasteiger partial charge on any atom is -0.508 e. The van der Waals surface area contributed by atoms with E-state index in [0.29, 0.717) is 57.7 Å². The summed E-state index contributed by atoms with van der Waals surface area (Å²) >= 11 is 4.20. The Labute approximate surface area is 564 Å². The Kier molecular flexibility index (Phi) is 27.1. The second-order valence-corrected chi connectivity index (χ2v) is 25.0. The van der Waals surface area contributed by atoms with Crippen molar-refractivity contribution in [1.29, 1.82) is 0 Å². The van der Waals surface area contributed by atoms with Crippen LogP contribution in [-0.4, -0.2) is 155 Å². The van der Waals surface area contributed by atoms with Crippen molar-refractivity contribution >= 4 is 92.1 Å². The van der Waals surface area contributed by atoms with Gasteiger partial charge in [0.25, 0.3) is 0 Å². The lowest BCUT2D eigenvalue weighted by Gasteiger charge is -2.28. The van der Waals surface area contributed by atoms with E-state index in [-0.39, 0.29) is 85.3 Å². The molecule has 6 aromatic rings. The van der Waals surface area contributed by atoms with Gasteiger partial charge in [-0.1, -0.05) is 104 Å². The summed E-state index contributed by atoms with van der Waals surface area (Å²) in [6, 6.07) is 15.2. The number of halogens is 2. The standard InChI is InChI=1S/C52H65N11O10.C13H12BrFN4O3S/c1-5-44(66)55-43-27-35-28-63(62-61-35)23-9-8-12-39(46(53)67)56-48(69)40(24-31-13-19-36(64)20-14-31)57-47(68)30(4)54-52(73)45(29(2)3)60-51(72)41(25-32-15-21-37(65)22-16-32)58-49(70)42(59-50(43)71)26-34-18-17-33-10-6-7-11-38(33)34;1-16-11(20)6-23-13-12(18-22-19-13)10(17-21)5-7-2-3-9(15)8(14)4-7/h6-7,10-11,13-16,18-22,28-30,39-43,45,64-65H,5,8-9,12,17,23-27H2,1-4H3,(H2,53,67)(H,54,73)(H,55,66)(H,56,69)(H,57,68)(H,58,70)(H,59,71)(H,60,72);2-4,21H,5-6H2,1H3,(H,16,20)/b;17-10+/t30-,39+,40-,41-,42-,43+,45-;/m1./s1. The highest BCUT2D eigenvalue weighted by Gasteiger charge is 2.36. The number of carbonyl (C=O) groups is 9. The molecule has 2 aromatic heterocycles. The second kappa shape index (κ2) is 35.5. The summed E-state index contributed by atoms with van der Waals surface area (Å²) in [4.78, 5) is 122. The number of hydrogen-bond donors (Lipinski definition) is 12. The van der Waals surface area contributed by atoms with Gasteiger partial charge in [0.15, 0.2) is 10.7 Å². The van der Waals surface area contributed by atoms with Gasteiger partial charge in [-0.3, -0.25) is 47.8 Å². The van der Waals surface area contributed by atoms with E-state index in [1.165, 1.54) is 49.0 Å². The molecule has 3 heterocycles. The number of nitrogens with one attached hydrogen (secondary N) is 8. The fraction of sp³-hybridized carbons (Fsp3) is 0.385. The van der Waals surface area contributed by atoms with Crippen molar-refractivity contribution in [3.63, 3.8) is 0 Å². The maximum absolute atomic E-state index is 14.8. The molecule has 7 atom stereocenters. The molecule has 31 heteroatoms. The predicted octanol–water partition coefficient (Wildman–Crippen LogP) is 3.13. The quantitative estimate of drug-likeness (QED) is 0.0287. The van der Waals surface area contributed by atoms with E-state index in [1.807, 2.05) is 30.3 Å². The SMILES string of the molecule is CCC(=O)N[C@H]1Cc2cn(nn2)CCCC[C@@H](C(N)=O)NC(=O)[C@@H](Cc2ccc(O)cc2)NC(=O)[C@@H](C)NC(=O)[C@@H](C(C)C)NC(=O)[C@@H](Cc2ccc(O)cc2)NC(=O)[C@@H](CC2=CCc3ccccc32)NC1=O.CNC(=O)CSc1nonc1/C(Cc1ccc(F)c(Br)c1)=N/O. The summed E-state index contributed by atoms with van der Waals surface area (Å²) in [6.07, 6.45) is 5.03. The molecule has 9 amide bonds. The summed E-state index contributed by atoms with van der Waals surface area (Å²) in [7, 11) is 1.53. The molecule has 510 valence electrons. The third kappa shape index (κ3) is 21.5. The van der Waals surface area contributed by atoms with Crippen LogP contribution in [0.25, 0.3) is 5.57 Å². The van der Waals surface area contributed by atoms with Crippen LogP contribution in [-0.2, 0) is 81.8 Å². The number of thioether (sulfide) groups is 1. The lowest BCUT2D eigenvalue weighted by molar-refractivity contribution is -0.136. The lowest BCUT2D eigenvalue weighted by atomic mass is 9.97. The van der Waals surface area contributed by atoms with E-state index in [1.54, 1.807) is 63.4 Å². The Morgan fingerprint density at radius 3 is 2.02 bits per heavy atom. The van der Waals surface area contributed by atoms with Crippen LogP contribution in [0.3, 0.4) is 0 Å². The first kappa shape index (κ1) is 73.4. The molecule has 96 heavy (non-hydrogen) atoms. The van der Waals surface area contributed by atoms with Gasteiger partial charge in [-0.05, 0) is 135 Å².